The van der Waals surface area contributed by atoms with Crippen molar-refractivity contribution in [1.82, 2.24) is 10.2 Å². The lowest BCUT2D eigenvalue weighted by atomic mass is 10.1. The molecular formula is C21H19FN2O5. The minimum absolute atomic E-state index is 0.0172. The number of carbonyl (C=O) groups excluding carboxylic acids is 3. The molecule has 3 rings (SSSR count). The first-order chi connectivity index (χ1) is 14.0. The van der Waals surface area contributed by atoms with Crippen LogP contribution in [0.1, 0.15) is 18.1 Å². The van der Waals surface area contributed by atoms with E-state index in [9.17, 15) is 18.8 Å². The van der Waals surface area contributed by atoms with Gasteiger partial charge < -0.3 is 14.8 Å². The standard InChI is InChI=1S/C21H19FN2O5/c1-2-28-19(25)13-29-18-6-4-3-5-15(18)11-17-20(26)24(21(27)23-17)12-14-7-9-16(22)10-8-14/h3-11H,2,12-13H2,1H3,(H,23,27). The number of nitrogens with zero attached hydrogens (tertiary/aromatic N) is 1. The fraction of sp³-hybridized carbons (Fsp3) is 0.190. The lowest BCUT2D eigenvalue weighted by Gasteiger charge is -2.11. The van der Waals surface area contributed by atoms with E-state index in [0.717, 1.165) is 4.90 Å². The summed E-state index contributed by atoms with van der Waals surface area (Å²) >= 11 is 0. The third-order valence-electron chi connectivity index (χ3n) is 4.09. The molecule has 0 radical (unpaired) electrons. The summed E-state index contributed by atoms with van der Waals surface area (Å²) in [6.07, 6.45) is 1.48. The molecule has 1 fully saturated rings. The lowest BCUT2D eigenvalue weighted by molar-refractivity contribution is -0.145. The number of urea groups is 1. The average molecular weight is 398 g/mol. The van der Waals surface area contributed by atoms with Crippen molar-refractivity contribution in [3.63, 3.8) is 0 Å². The predicted octanol–water partition coefficient (Wildman–Crippen LogP) is 2.86. The number of rotatable bonds is 7. The molecule has 2 aromatic rings. The van der Waals surface area contributed by atoms with Crippen LogP contribution in [0.15, 0.2) is 54.2 Å². The molecule has 0 aliphatic carbocycles. The van der Waals surface area contributed by atoms with Crippen LogP contribution in [0, 0.1) is 5.82 Å². The number of imide groups is 1. The molecule has 0 aromatic heterocycles. The molecule has 0 saturated carbocycles. The topological polar surface area (TPSA) is 84.9 Å². The number of hydrogen-bond acceptors (Lipinski definition) is 5. The highest BCUT2D eigenvalue weighted by atomic mass is 19.1. The molecule has 2 aromatic carbocycles. The van der Waals surface area contributed by atoms with Gasteiger partial charge in [-0.25, -0.2) is 14.0 Å². The minimum Gasteiger partial charge on any atom is -0.481 e. The van der Waals surface area contributed by atoms with Crippen molar-refractivity contribution in [2.24, 2.45) is 0 Å². The molecular weight excluding hydrogens is 379 g/mol. The normalized spacial score (nSPS) is 14.8. The third-order valence-corrected chi connectivity index (χ3v) is 4.09. The van der Waals surface area contributed by atoms with Gasteiger partial charge in [0.15, 0.2) is 6.61 Å². The van der Waals surface area contributed by atoms with Crippen LogP contribution in [0.4, 0.5) is 9.18 Å². The van der Waals surface area contributed by atoms with Crippen molar-refractivity contribution in [3.05, 3.63) is 71.2 Å². The summed E-state index contributed by atoms with van der Waals surface area (Å²) < 4.78 is 23.3. The van der Waals surface area contributed by atoms with E-state index >= 15 is 0 Å². The second-order valence-electron chi connectivity index (χ2n) is 6.14. The van der Waals surface area contributed by atoms with Gasteiger partial charge in [0.25, 0.3) is 5.91 Å². The Bertz CT molecular complexity index is 956. The number of benzene rings is 2. The first kappa shape index (κ1) is 20.1. The summed E-state index contributed by atoms with van der Waals surface area (Å²) in [7, 11) is 0. The van der Waals surface area contributed by atoms with Gasteiger partial charge in [0.2, 0.25) is 0 Å². The van der Waals surface area contributed by atoms with Crippen LogP contribution < -0.4 is 10.1 Å². The van der Waals surface area contributed by atoms with Gasteiger partial charge in [-0.15, -0.1) is 0 Å². The molecule has 1 aliphatic rings. The van der Waals surface area contributed by atoms with E-state index in [2.05, 4.69) is 5.32 Å². The summed E-state index contributed by atoms with van der Waals surface area (Å²) in [5.41, 5.74) is 1.21. The molecule has 1 saturated heterocycles. The maximum absolute atomic E-state index is 13.0. The molecule has 29 heavy (non-hydrogen) atoms. The van der Waals surface area contributed by atoms with Crippen LogP contribution in [-0.2, 0) is 20.9 Å². The smallest absolute Gasteiger partial charge is 0.344 e. The van der Waals surface area contributed by atoms with Crippen molar-refractivity contribution in [1.29, 1.82) is 0 Å². The fourth-order valence-corrected chi connectivity index (χ4v) is 2.71. The van der Waals surface area contributed by atoms with Crippen molar-refractivity contribution < 1.29 is 28.2 Å². The maximum Gasteiger partial charge on any atom is 0.344 e. The SMILES string of the molecule is CCOC(=O)COc1ccccc1C=C1NC(=O)N(Cc2ccc(F)cc2)C1=O. The molecule has 0 spiro atoms. The van der Waals surface area contributed by atoms with Gasteiger partial charge >= 0.3 is 12.0 Å². The Kier molecular flexibility index (Phi) is 6.23. The van der Waals surface area contributed by atoms with E-state index in [1.807, 2.05) is 0 Å². The molecule has 1 heterocycles. The van der Waals surface area contributed by atoms with Gasteiger partial charge in [0.05, 0.1) is 13.2 Å². The van der Waals surface area contributed by atoms with Crippen LogP contribution in [0.2, 0.25) is 0 Å². The Labute approximate surface area is 166 Å². The number of hydrogen-bond donors (Lipinski definition) is 1. The number of amides is 3. The van der Waals surface area contributed by atoms with Gasteiger partial charge in [-0.05, 0) is 36.8 Å². The first-order valence-corrected chi connectivity index (χ1v) is 8.94. The number of esters is 1. The van der Waals surface area contributed by atoms with Crippen LogP contribution in [0.5, 0.6) is 5.75 Å². The zero-order valence-corrected chi connectivity index (χ0v) is 15.7. The Balaban J connectivity index is 1.75. The van der Waals surface area contributed by atoms with Gasteiger partial charge in [0.1, 0.15) is 17.3 Å². The lowest BCUT2D eigenvalue weighted by Crippen LogP contribution is -2.30. The van der Waals surface area contributed by atoms with Gasteiger partial charge in [-0.2, -0.15) is 0 Å². The van der Waals surface area contributed by atoms with Crippen LogP contribution in [-0.4, -0.2) is 36.0 Å². The zero-order chi connectivity index (χ0) is 20.8. The molecule has 0 bridgehead atoms. The number of carbonyl (C=O) groups is 3. The summed E-state index contributed by atoms with van der Waals surface area (Å²) in [5.74, 6) is -1.05. The molecule has 7 nitrogen and oxygen atoms in total. The van der Waals surface area contributed by atoms with Gasteiger partial charge in [-0.1, -0.05) is 30.3 Å². The monoisotopic (exact) mass is 398 g/mol. The Morgan fingerprint density at radius 1 is 1.14 bits per heavy atom. The largest absolute Gasteiger partial charge is 0.481 e. The number of nitrogens with one attached hydrogen (secondary N) is 1. The van der Waals surface area contributed by atoms with E-state index < -0.39 is 23.7 Å². The summed E-state index contributed by atoms with van der Waals surface area (Å²) in [6, 6.07) is 11.8. The van der Waals surface area contributed by atoms with Crippen molar-refractivity contribution in [3.8, 4) is 5.75 Å². The number of halogens is 1. The van der Waals surface area contributed by atoms with Crippen LogP contribution in [0.25, 0.3) is 6.08 Å². The van der Waals surface area contributed by atoms with E-state index in [4.69, 9.17) is 9.47 Å². The summed E-state index contributed by atoms with van der Waals surface area (Å²) in [6.45, 7) is 1.69. The van der Waals surface area contributed by atoms with Crippen molar-refractivity contribution >= 4 is 24.0 Å². The summed E-state index contributed by atoms with van der Waals surface area (Å²) in [4.78, 5) is 37.4. The highest BCUT2D eigenvalue weighted by Crippen LogP contribution is 2.23. The minimum atomic E-state index is -0.574. The molecule has 0 unspecified atom stereocenters. The molecule has 1 N–H and O–H groups in total. The van der Waals surface area contributed by atoms with E-state index in [1.165, 1.54) is 30.3 Å². The highest BCUT2D eigenvalue weighted by Gasteiger charge is 2.33. The third kappa shape index (κ3) is 4.98. The summed E-state index contributed by atoms with van der Waals surface area (Å²) in [5, 5.41) is 2.52. The zero-order valence-electron chi connectivity index (χ0n) is 15.7. The number of ether oxygens (including phenoxy) is 2. The number of para-hydroxylation sites is 1. The van der Waals surface area contributed by atoms with Gasteiger partial charge in [0, 0.05) is 5.56 Å². The highest BCUT2D eigenvalue weighted by molar-refractivity contribution is 6.14. The molecule has 3 amide bonds. The second kappa shape index (κ2) is 9.01. The van der Waals surface area contributed by atoms with E-state index in [-0.39, 0.29) is 25.5 Å². The van der Waals surface area contributed by atoms with Crippen molar-refractivity contribution in [2.45, 2.75) is 13.5 Å². The molecule has 8 heteroatoms. The van der Waals surface area contributed by atoms with E-state index in [0.29, 0.717) is 16.9 Å². The average Bonchev–Trinajstić information content (AvgIpc) is 2.96. The molecule has 150 valence electrons. The van der Waals surface area contributed by atoms with Gasteiger partial charge in [-0.3, -0.25) is 9.69 Å². The van der Waals surface area contributed by atoms with Crippen LogP contribution >= 0.6 is 0 Å². The van der Waals surface area contributed by atoms with E-state index in [1.54, 1.807) is 31.2 Å². The quantitative estimate of drug-likeness (QED) is 0.440. The Morgan fingerprint density at radius 3 is 2.59 bits per heavy atom. The predicted molar refractivity (Wildman–Crippen MR) is 102 cm³/mol. The Morgan fingerprint density at radius 2 is 1.86 bits per heavy atom. The first-order valence-electron chi connectivity index (χ1n) is 8.94. The fourth-order valence-electron chi connectivity index (χ4n) is 2.71. The Hall–Kier alpha value is -3.68. The van der Waals surface area contributed by atoms with Crippen molar-refractivity contribution in [2.75, 3.05) is 13.2 Å². The maximum atomic E-state index is 13.0. The second-order valence-corrected chi connectivity index (χ2v) is 6.14. The van der Waals surface area contributed by atoms with Crippen LogP contribution in [0.3, 0.4) is 0 Å². The molecule has 0 atom stereocenters. The molecule has 1 aliphatic heterocycles.